The number of amides is 2. The van der Waals surface area contributed by atoms with Crippen molar-refractivity contribution in [1.82, 2.24) is 15.0 Å². The summed E-state index contributed by atoms with van der Waals surface area (Å²) in [5.41, 5.74) is 13.4. The zero-order valence-electron chi connectivity index (χ0n) is 19.4. The number of nitrogens with two attached hydrogens (primary N) is 2. The van der Waals surface area contributed by atoms with Gasteiger partial charge in [-0.15, -0.1) is 0 Å². The summed E-state index contributed by atoms with van der Waals surface area (Å²) >= 11 is 0. The van der Waals surface area contributed by atoms with Crippen LogP contribution in [0.4, 0.5) is 5.82 Å². The first-order valence-corrected chi connectivity index (χ1v) is 11.8. The normalized spacial score (nSPS) is 21.4. The third kappa shape index (κ3) is 4.25. The summed E-state index contributed by atoms with van der Waals surface area (Å²) in [6.07, 6.45) is 6.49. The van der Waals surface area contributed by atoms with Crippen LogP contribution in [0.5, 0.6) is 11.5 Å². The number of nitrogens with one attached hydrogen (secondary N) is 1. The van der Waals surface area contributed by atoms with Gasteiger partial charge in [0.25, 0.3) is 5.91 Å². The molecule has 2 aliphatic rings. The molecule has 5 N–H and O–H groups in total. The molecular formula is C26H29N6O3+. The molecule has 5 rings (SSSR count). The third-order valence-electron chi connectivity index (χ3n) is 7.09. The lowest BCUT2D eigenvalue weighted by Crippen LogP contribution is -2.49. The zero-order chi connectivity index (χ0) is 24.5. The number of H-pyrrole nitrogens is 1. The molecule has 1 aromatic carbocycles. The van der Waals surface area contributed by atoms with Gasteiger partial charge in [-0.1, -0.05) is 24.8 Å². The zero-order valence-corrected chi connectivity index (χ0v) is 19.4. The highest BCUT2D eigenvalue weighted by Gasteiger charge is 2.43. The van der Waals surface area contributed by atoms with E-state index >= 15 is 0 Å². The van der Waals surface area contributed by atoms with Gasteiger partial charge >= 0.3 is 5.82 Å². The largest absolute Gasteiger partial charge is 0.456 e. The molecule has 9 nitrogen and oxygen atoms in total. The number of nitrogens with zero attached hydrogens (tertiary/aromatic N) is 3. The number of para-hydroxylation sites is 1. The number of benzene rings is 1. The van der Waals surface area contributed by atoms with E-state index in [-0.39, 0.29) is 23.6 Å². The molecule has 3 aromatic rings. The van der Waals surface area contributed by atoms with Crippen molar-refractivity contribution in [2.45, 2.75) is 37.8 Å². The molecule has 0 radical (unpaired) electrons. The van der Waals surface area contributed by atoms with Gasteiger partial charge < -0.3 is 15.4 Å². The monoisotopic (exact) mass is 473 g/mol. The Labute approximate surface area is 203 Å². The fourth-order valence-electron chi connectivity index (χ4n) is 5.46. The van der Waals surface area contributed by atoms with Crippen molar-refractivity contribution in [2.24, 2.45) is 11.7 Å². The number of likely N-dealkylation sites (tertiary alicyclic amines) is 1. The van der Waals surface area contributed by atoms with E-state index in [9.17, 15) is 9.59 Å². The van der Waals surface area contributed by atoms with E-state index in [1.54, 1.807) is 18.3 Å². The van der Waals surface area contributed by atoms with Crippen LogP contribution in [0.25, 0.3) is 11.4 Å². The summed E-state index contributed by atoms with van der Waals surface area (Å²) in [7, 11) is 0. The highest BCUT2D eigenvalue weighted by atomic mass is 16.5. The third-order valence-corrected chi connectivity index (χ3v) is 7.09. The number of hydrogen-bond acceptors (Lipinski definition) is 5. The molecule has 35 heavy (non-hydrogen) atoms. The summed E-state index contributed by atoms with van der Waals surface area (Å²) in [5, 5.41) is 3.30. The fraction of sp³-hybridized carbons (Fsp3) is 0.308. The van der Waals surface area contributed by atoms with Crippen molar-refractivity contribution >= 4 is 17.6 Å². The molecule has 2 aromatic heterocycles. The molecule has 3 heterocycles. The Balaban J connectivity index is 1.39. The molecule has 1 saturated carbocycles. The first kappa shape index (κ1) is 22.6. The lowest BCUT2D eigenvalue weighted by atomic mass is 9.82. The van der Waals surface area contributed by atoms with Gasteiger partial charge in [-0.05, 0) is 61.9 Å². The minimum atomic E-state index is -0.615. The number of primary amides is 1. The number of ether oxygens (including phenoxy) is 1. The van der Waals surface area contributed by atoms with Crippen molar-refractivity contribution in [2.75, 3.05) is 12.3 Å². The van der Waals surface area contributed by atoms with E-state index in [0.717, 1.165) is 32.2 Å². The Hall–Kier alpha value is -4.14. The number of fused-ring (bicyclic) bond motifs is 1. The van der Waals surface area contributed by atoms with Gasteiger partial charge in [0.2, 0.25) is 5.91 Å². The van der Waals surface area contributed by atoms with Crippen LogP contribution < -0.4 is 20.9 Å². The number of carbonyl (C=O) groups excluding carboxylic acids is 2. The predicted octanol–water partition coefficient (Wildman–Crippen LogP) is 2.97. The van der Waals surface area contributed by atoms with Gasteiger partial charge in [-0.3, -0.25) is 20.3 Å². The second-order valence-electron chi connectivity index (χ2n) is 9.09. The van der Waals surface area contributed by atoms with Crippen molar-refractivity contribution in [3.8, 4) is 22.9 Å². The standard InChI is InChI=1S/C26H28N6O3/c1-2-22(33)31-13-12-16-14-17(8-11-21(16)31)32-25(27)23(26(28)34)24(30-32)20-10-9-19(15-29-20)35-18-6-4-3-5-7-18/h2-7,9-10,15-17,21H,1,8,11-14H2,(H4,27,28,30,34)/p+1. The quantitative estimate of drug-likeness (QED) is 0.374. The minimum Gasteiger partial charge on any atom is -0.456 e. The van der Waals surface area contributed by atoms with E-state index in [1.807, 2.05) is 39.9 Å². The van der Waals surface area contributed by atoms with Crippen LogP contribution in [0, 0.1) is 5.92 Å². The number of anilines is 1. The summed E-state index contributed by atoms with van der Waals surface area (Å²) in [6.45, 7) is 4.37. The van der Waals surface area contributed by atoms with Crippen LogP contribution in [0.15, 0.2) is 61.3 Å². The second-order valence-corrected chi connectivity index (χ2v) is 9.09. The number of rotatable bonds is 6. The molecular weight excluding hydrogens is 444 g/mol. The Morgan fingerprint density at radius 1 is 1.14 bits per heavy atom. The van der Waals surface area contributed by atoms with E-state index in [1.165, 1.54) is 6.08 Å². The fourth-order valence-corrected chi connectivity index (χ4v) is 5.46. The van der Waals surface area contributed by atoms with Crippen molar-refractivity contribution in [3.05, 3.63) is 66.9 Å². The van der Waals surface area contributed by atoms with Gasteiger partial charge in [0, 0.05) is 12.6 Å². The first-order chi connectivity index (χ1) is 17.0. The Morgan fingerprint density at radius 3 is 2.63 bits per heavy atom. The van der Waals surface area contributed by atoms with Crippen molar-refractivity contribution < 1.29 is 19.0 Å². The molecule has 3 atom stereocenters. The summed E-state index contributed by atoms with van der Waals surface area (Å²) in [4.78, 5) is 31.0. The van der Waals surface area contributed by atoms with Crippen molar-refractivity contribution in [1.29, 1.82) is 0 Å². The number of nitrogen functional groups attached to an aromatic ring is 1. The smallest absolute Gasteiger partial charge is 0.306 e. The summed E-state index contributed by atoms with van der Waals surface area (Å²) in [6, 6.07) is 13.3. The Kier molecular flexibility index (Phi) is 5.98. The highest BCUT2D eigenvalue weighted by molar-refractivity contribution is 6.02. The molecule has 2 amide bonds. The average molecular weight is 474 g/mol. The molecule has 3 unspecified atom stereocenters. The lowest BCUT2D eigenvalue weighted by Gasteiger charge is -2.33. The maximum atomic E-state index is 12.4. The van der Waals surface area contributed by atoms with Crippen LogP contribution in [0.1, 0.15) is 42.1 Å². The van der Waals surface area contributed by atoms with Gasteiger partial charge in [0.05, 0.1) is 11.9 Å². The van der Waals surface area contributed by atoms with Crippen LogP contribution in [0.3, 0.4) is 0 Å². The van der Waals surface area contributed by atoms with Crippen LogP contribution in [-0.4, -0.2) is 39.4 Å². The van der Waals surface area contributed by atoms with Gasteiger partial charge in [-0.25, -0.2) is 5.10 Å². The molecule has 0 spiro atoms. The second kappa shape index (κ2) is 9.25. The molecule has 1 saturated heterocycles. The van der Waals surface area contributed by atoms with E-state index in [2.05, 4.69) is 16.7 Å². The Morgan fingerprint density at radius 2 is 1.94 bits per heavy atom. The number of aromatic nitrogens is 3. The molecule has 2 fully saturated rings. The average Bonchev–Trinajstić information content (AvgIpc) is 3.45. The van der Waals surface area contributed by atoms with E-state index in [0.29, 0.717) is 34.6 Å². The van der Waals surface area contributed by atoms with Crippen LogP contribution in [-0.2, 0) is 4.79 Å². The highest BCUT2D eigenvalue weighted by Crippen LogP contribution is 2.40. The number of carbonyl (C=O) groups is 2. The van der Waals surface area contributed by atoms with Gasteiger partial charge in [0.1, 0.15) is 23.2 Å². The minimum absolute atomic E-state index is 0.00735. The number of pyridine rings is 1. The van der Waals surface area contributed by atoms with Crippen LogP contribution in [0.2, 0.25) is 0 Å². The summed E-state index contributed by atoms with van der Waals surface area (Å²) < 4.78 is 7.66. The van der Waals surface area contributed by atoms with Crippen LogP contribution >= 0.6 is 0 Å². The SMILES string of the molecule is C=CC(=O)N1CCC2CC([n+]3[nH]c(-c4ccc(Oc5ccccc5)cn4)c(C(N)=O)c3N)CCC21. The first-order valence-electron chi connectivity index (χ1n) is 11.8. The maximum absolute atomic E-state index is 12.4. The van der Waals surface area contributed by atoms with E-state index < -0.39 is 5.91 Å². The maximum Gasteiger partial charge on any atom is 0.306 e. The van der Waals surface area contributed by atoms with Crippen molar-refractivity contribution in [3.63, 3.8) is 0 Å². The van der Waals surface area contributed by atoms with E-state index in [4.69, 9.17) is 16.2 Å². The number of hydrogen-bond donors (Lipinski definition) is 3. The molecule has 0 bridgehead atoms. The molecule has 180 valence electrons. The number of aromatic amines is 1. The topological polar surface area (TPSA) is 131 Å². The molecule has 1 aliphatic carbocycles. The molecule has 9 heteroatoms. The van der Waals surface area contributed by atoms with Gasteiger partial charge in [-0.2, -0.15) is 4.68 Å². The Bertz CT molecular complexity index is 1250. The lowest BCUT2D eigenvalue weighted by molar-refractivity contribution is -0.763. The summed E-state index contributed by atoms with van der Waals surface area (Å²) in [5.74, 6) is 1.34. The van der Waals surface area contributed by atoms with Gasteiger partial charge in [0.15, 0.2) is 5.56 Å². The predicted molar refractivity (Wildman–Crippen MR) is 130 cm³/mol. The molecule has 1 aliphatic heterocycles.